The number of sulfonamides is 1. The van der Waals surface area contributed by atoms with E-state index in [4.69, 9.17) is 9.72 Å². The second kappa shape index (κ2) is 8.90. The molecular formula is C21H29N3O4S2. The monoisotopic (exact) mass is 451 g/mol. The van der Waals surface area contributed by atoms with Crippen LogP contribution in [0.15, 0.2) is 18.2 Å². The Morgan fingerprint density at radius 3 is 2.83 bits per heavy atom. The molecule has 7 nitrogen and oxygen atoms in total. The minimum Gasteiger partial charge on any atom is -0.376 e. The van der Waals surface area contributed by atoms with Crippen LogP contribution in [-0.2, 0) is 26.0 Å². The second-order valence-corrected chi connectivity index (χ2v) is 11.1. The molecule has 1 amide bonds. The molecule has 9 heteroatoms. The maximum absolute atomic E-state index is 13.7. The van der Waals surface area contributed by atoms with Gasteiger partial charge in [-0.15, -0.1) is 0 Å². The first-order valence-corrected chi connectivity index (χ1v) is 13.3. The lowest BCUT2D eigenvalue weighted by Crippen LogP contribution is -2.54. The molecule has 2 atom stereocenters. The molecule has 2 aromatic rings. The molecule has 2 aliphatic rings. The quantitative estimate of drug-likeness (QED) is 0.674. The summed E-state index contributed by atoms with van der Waals surface area (Å²) in [6.45, 7) is 3.61. The van der Waals surface area contributed by atoms with Gasteiger partial charge in [0.15, 0.2) is 5.13 Å². The first-order chi connectivity index (χ1) is 14.4. The Hall–Kier alpha value is -1.55. The summed E-state index contributed by atoms with van der Waals surface area (Å²) >= 11 is 1.49. The molecular weight excluding hydrogens is 422 g/mol. The molecule has 30 heavy (non-hydrogen) atoms. The van der Waals surface area contributed by atoms with Crippen molar-refractivity contribution in [3.05, 3.63) is 23.8 Å². The van der Waals surface area contributed by atoms with E-state index < -0.39 is 16.1 Å². The summed E-state index contributed by atoms with van der Waals surface area (Å²) in [5.74, 6) is -0.189. The molecule has 0 bridgehead atoms. The minimum atomic E-state index is -3.46. The van der Waals surface area contributed by atoms with Gasteiger partial charge in [-0.25, -0.2) is 13.4 Å². The van der Waals surface area contributed by atoms with E-state index >= 15 is 0 Å². The third kappa shape index (κ3) is 4.54. The highest BCUT2D eigenvalue weighted by Crippen LogP contribution is 2.33. The SMILES string of the molecule is CCc1ccc2nc(N(C[C@@H]3CCCO3)C(=O)[C@H]3CCCCN3S(C)(=O)=O)sc2c1. The van der Waals surface area contributed by atoms with E-state index in [0.29, 0.717) is 31.2 Å². The zero-order valence-electron chi connectivity index (χ0n) is 17.5. The molecule has 2 fully saturated rings. The van der Waals surface area contributed by atoms with Crippen LogP contribution in [0.5, 0.6) is 0 Å². The lowest BCUT2D eigenvalue weighted by Gasteiger charge is -2.35. The third-order valence-corrected chi connectivity index (χ3v) is 8.25. The Bertz CT molecular complexity index is 1010. The van der Waals surface area contributed by atoms with Crippen LogP contribution in [-0.4, -0.2) is 61.7 Å². The van der Waals surface area contributed by atoms with Crippen molar-refractivity contribution in [1.29, 1.82) is 0 Å². The van der Waals surface area contributed by atoms with Gasteiger partial charge in [-0.3, -0.25) is 9.69 Å². The summed E-state index contributed by atoms with van der Waals surface area (Å²) in [4.78, 5) is 20.1. The Morgan fingerprint density at radius 1 is 1.30 bits per heavy atom. The number of fused-ring (bicyclic) bond motifs is 1. The summed E-state index contributed by atoms with van der Waals surface area (Å²) in [6, 6.07) is 5.50. The number of anilines is 1. The zero-order chi connectivity index (χ0) is 21.3. The fraction of sp³-hybridized carbons (Fsp3) is 0.619. The molecule has 2 saturated heterocycles. The Labute approximate surface area is 182 Å². The first-order valence-electron chi connectivity index (χ1n) is 10.7. The first kappa shape index (κ1) is 21.7. The highest BCUT2D eigenvalue weighted by atomic mass is 32.2. The van der Waals surface area contributed by atoms with Crippen molar-refractivity contribution >= 4 is 42.6 Å². The van der Waals surface area contributed by atoms with Crippen LogP contribution in [0, 0.1) is 0 Å². The van der Waals surface area contributed by atoms with E-state index in [1.54, 1.807) is 4.90 Å². The van der Waals surface area contributed by atoms with E-state index in [0.717, 1.165) is 42.3 Å². The lowest BCUT2D eigenvalue weighted by atomic mass is 10.0. The highest BCUT2D eigenvalue weighted by molar-refractivity contribution is 7.88. The van der Waals surface area contributed by atoms with Gasteiger partial charge in [0, 0.05) is 13.2 Å². The lowest BCUT2D eigenvalue weighted by molar-refractivity contribution is -0.123. The van der Waals surface area contributed by atoms with Crippen molar-refractivity contribution in [2.45, 2.75) is 57.6 Å². The molecule has 1 aromatic heterocycles. The average molecular weight is 452 g/mol. The fourth-order valence-corrected chi connectivity index (χ4v) is 6.44. The summed E-state index contributed by atoms with van der Waals surface area (Å²) < 4.78 is 32.9. The van der Waals surface area contributed by atoms with Crippen molar-refractivity contribution in [2.75, 3.05) is 30.9 Å². The summed E-state index contributed by atoms with van der Waals surface area (Å²) in [5, 5.41) is 0.623. The van der Waals surface area contributed by atoms with E-state index in [1.165, 1.54) is 27.5 Å². The molecule has 0 radical (unpaired) electrons. The number of rotatable bonds is 6. The van der Waals surface area contributed by atoms with Crippen LogP contribution >= 0.6 is 11.3 Å². The number of aryl methyl sites for hydroxylation is 1. The highest BCUT2D eigenvalue weighted by Gasteiger charge is 2.39. The van der Waals surface area contributed by atoms with Crippen LogP contribution in [0.25, 0.3) is 10.2 Å². The Kier molecular flexibility index (Phi) is 6.43. The van der Waals surface area contributed by atoms with Crippen molar-refractivity contribution in [3.63, 3.8) is 0 Å². The predicted octanol–water partition coefficient (Wildman–Crippen LogP) is 3.18. The molecule has 164 valence electrons. The average Bonchev–Trinajstić information content (AvgIpc) is 3.39. The number of aromatic nitrogens is 1. The Morgan fingerprint density at radius 2 is 2.13 bits per heavy atom. The number of nitrogens with zero attached hydrogens (tertiary/aromatic N) is 3. The number of carbonyl (C=O) groups is 1. The van der Waals surface area contributed by atoms with Crippen LogP contribution in [0.1, 0.15) is 44.6 Å². The molecule has 2 aliphatic heterocycles. The van der Waals surface area contributed by atoms with Gasteiger partial charge in [0.05, 0.1) is 29.1 Å². The number of amides is 1. The van der Waals surface area contributed by atoms with Crippen molar-refractivity contribution in [3.8, 4) is 0 Å². The number of carbonyl (C=O) groups excluding carboxylic acids is 1. The van der Waals surface area contributed by atoms with Gasteiger partial charge in [0.1, 0.15) is 6.04 Å². The number of benzene rings is 1. The molecule has 3 heterocycles. The topological polar surface area (TPSA) is 79.8 Å². The number of thiazole rings is 1. The maximum atomic E-state index is 13.7. The van der Waals surface area contributed by atoms with Gasteiger partial charge in [0.25, 0.3) is 0 Å². The van der Waals surface area contributed by atoms with E-state index in [2.05, 4.69) is 19.1 Å². The molecule has 0 N–H and O–H groups in total. The van der Waals surface area contributed by atoms with Gasteiger partial charge >= 0.3 is 0 Å². The molecule has 0 spiro atoms. The largest absolute Gasteiger partial charge is 0.376 e. The van der Waals surface area contributed by atoms with Crippen molar-refractivity contribution < 1.29 is 17.9 Å². The van der Waals surface area contributed by atoms with E-state index in [9.17, 15) is 13.2 Å². The van der Waals surface area contributed by atoms with Crippen LogP contribution in [0.2, 0.25) is 0 Å². The molecule has 0 unspecified atom stereocenters. The summed E-state index contributed by atoms with van der Waals surface area (Å²) in [5.41, 5.74) is 2.09. The zero-order valence-corrected chi connectivity index (χ0v) is 19.2. The minimum absolute atomic E-state index is 0.0394. The summed E-state index contributed by atoms with van der Waals surface area (Å²) in [7, 11) is -3.46. The van der Waals surface area contributed by atoms with Gasteiger partial charge in [-0.2, -0.15) is 4.31 Å². The van der Waals surface area contributed by atoms with Gasteiger partial charge < -0.3 is 4.74 Å². The standard InChI is InChI=1S/C21H29N3O4S2/c1-3-15-9-10-17-19(13-15)29-21(22-17)23(14-16-7-6-12-28-16)20(25)18-8-4-5-11-24(18)30(2,26)27/h9-10,13,16,18H,3-8,11-12,14H2,1-2H3/t16-,18+/m0/s1. The molecule has 4 rings (SSSR count). The fourth-order valence-electron chi connectivity index (χ4n) is 4.28. The smallest absolute Gasteiger partial charge is 0.247 e. The van der Waals surface area contributed by atoms with E-state index in [-0.39, 0.29) is 12.0 Å². The normalized spacial score (nSPS) is 23.1. The van der Waals surface area contributed by atoms with Crippen LogP contribution in [0.3, 0.4) is 0 Å². The van der Waals surface area contributed by atoms with Crippen LogP contribution < -0.4 is 4.90 Å². The summed E-state index contributed by atoms with van der Waals surface area (Å²) in [6.07, 6.45) is 6.13. The van der Waals surface area contributed by atoms with Crippen molar-refractivity contribution in [2.24, 2.45) is 0 Å². The number of ether oxygens (including phenoxy) is 1. The Balaban J connectivity index is 1.69. The van der Waals surface area contributed by atoms with E-state index in [1.807, 2.05) is 6.07 Å². The van der Waals surface area contributed by atoms with Crippen molar-refractivity contribution in [1.82, 2.24) is 9.29 Å². The third-order valence-electron chi connectivity index (χ3n) is 5.92. The molecule has 0 aliphatic carbocycles. The van der Waals surface area contributed by atoms with Crippen LogP contribution in [0.4, 0.5) is 5.13 Å². The van der Waals surface area contributed by atoms with Gasteiger partial charge in [-0.1, -0.05) is 30.7 Å². The molecule has 1 aromatic carbocycles. The van der Waals surface area contributed by atoms with Gasteiger partial charge in [0.2, 0.25) is 15.9 Å². The van der Waals surface area contributed by atoms with Gasteiger partial charge in [-0.05, 0) is 49.8 Å². The maximum Gasteiger partial charge on any atom is 0.247 e. The molecule has 0 saturated carbocycles. The predicted molar refractivity (Wildman–Crippen MR) is 120 cm³/mol. The second-order valence-electron chi connectivity index (χ2n) is 8.12. The number of hydrogen-bond acceptors (Lipinski definition) is 6. The number of hydrogen-bond donors (Lipinski definition) is 0. The number of piperidine rings is 1.